The molecule has 17 heavy (non-hydrogen) atoms. The monoisotopic (exact) mass is 231 g/mol. The first-order chi connectivity index (χ1) is 8.25. The zero-order chi connectivity index (χ0) is 11.9. The number of nitrogens with two attached hydrogens (primary N) is 1. The van der Waals surface area contributed by atoms with Crippen molar-refractivity contribution in [1.29, 1.82) is 0 Å². The van der Waals surface area contributed by atoms with E-state index >= 15 is 0 Å². The van der Waals surface area contributed by atoms with Crippen molar-refractivity contribution in [3.63, 3.8) is 0 Å². The van der Waals surface area contributed by atoms with E-state index in [2.05, 4.69) is 9.97 Å². The second kappa shape index (κ2) is 3.82. The summed E-state index contributed by atoms with van der Waals surface area (Å²) in [7, 11) is 0. The van der Waals surface area contributed by atoms with Gasteiger partial charge >= 0.3 is 0 Å². The van der Waals surface area contributed by atoms with Gasteiger partial charge in [-0.25, -0.2) is 4.98 Å². The Labute approximate surface area is 99.9 Å². The van der Waals surface area contributed by atoms with Crippen LogP contribution in [0.15, 0.2) is 24.5 Å². The van der Waals surface area contributed by atoms with Crippen LogP contribution >= 0.6 is 0 Å². The minimum Gasteiger partial charge on any atom is -0.396 e. The Bertz CT molecular complexity index is 525. The molecule has 1 aliphatic carbocycles. The van der Waals surface area contributed by atoms with Crippen LogP contribution in [0.3, 0.4) is 0 Å². The lowest BCUT2D eigenvalue weighted by Gasteiger charge is -2.45. The Morgan fingerprint density at radius 1 is 1.47 bits per heavy atom. The van der Waals surface area contributed by atoms with E-state index < -0.39 is 0 Å². The highest BCUT2D eigenvalue weighted by Gasteiger charge is 2.42. The standard InChI is InChI=1S/C13H17N3O/c14-12(13(7-17)4-1-5-13)9-2-3-10-11(6-9)16-8-15-10/h2-3,6,8,12,17H,1,4-5,7,14H2,(H,15,16). The Hall–Kier alpha value is -1.39. The van der Waals surface area contributed by atoms with Crippen molar-refractivity contribution >= 4 is 11.0 Å². The van der Waals surface area contributed by atoms with Crippen molar-refractivity contribution in [1.82, 2.24) is 9.97 Å². The molecule has 1 fully saturated rings. The van der Waals surface area contributed by atoms with Gasteiger partial charge in [0, 0.05) is 11.5 Å². The summed E-state index contributed by atoms with van der Waals surface area (Å²) in [6.45, 7) is 0.176. The Morgan fingerprint density at radius 3 is 2.94 bits per heavy atom. The van der Waals surface area contributed by atoms with Gasteiger partial charge in [-0.15, -0.1) is 0 Å². The van der Waals surface area contributed by atoms with Crippen LogP contribution in [0.4, 0.5) is 0 Å². The van der Waals surface area contributed by atoms with Crippen LogP contribution in [0.5, 0.6) is 0 Å². The Kier molecular flexibility index (Phi) is 2.42. The highest BCUT2D eigenvalue weighted by atomic mass is 16.3. The molecule has 0 aliphatic heterocycles. The first-order valence-corrected chi connectivity index (χ1v) is 6.05. The van der Waals surface area contributed by atoms with Crippen LogP contribution in [0, 0.1) is 5.41 Å². The molecular weight excluding hydrogens is 214 g/mol. The molecule has 3 rings (SSSR count). The molecule has 0 amide bonds. The van der Waals surface area contributed by atoms with Crippen LogP contribution in [-0.2, 0) is 0 Å². The summed E-state index contributed by atoms with van der Waals surface area (Å²) in [5.41, 5.74) is 9.24. The number of aliphatic hydroxyl groups is 1. The summed E-state index contributed by atoms with van der Waals surface area (Å²) in [6.07, 6.45) is 4.89. The lowest BCUT2D eigenvalue weighted by Crippen LogP contribution is -2.43. The molecule has 0 spiro atoms. The van der Waals surface area contributed by atoms with E-state index in [1.807, 2.05) is 18.2 Å². The fourth-order valence-electron chi connectivity index (χ4n) is 2.70. The third-order valence-corrected chi connectivity index (χ3v) is 4.13. The lowest BCUT2D eigenvalue weighted by atomic mass is 9.63. The molecule has 4 heteroatoms. The highest BCUT2D eigenvalue weighted by molar-refractivity contribution is 5.75. The molecule has 1 atom stereocenters. The quantitative estimate of drug-likeness (QED) is 0.753. The van der Waals surface area contributed by atoms with Gasteiger partial charge in [0.25, 0.3) is 0 Å². The van der Waals surface area contributed by atoms with E-state index in [1.165, 1.54) is 6.42 Å². The third-order valence-electron chi connectivity index (χ3n) is 4.13. The van der Waals surface area contributed by atoms with Gasteiger partial charge in [0.05, 0.1) is 24.0 Å². The van der Waals surface area contributed by atoms with Gasteiger partial charge in [0.2, 0.25) is 0 Å². The largest absolute Gasteiger partial charge is 0.396 e. The van der Waals surface area contributed by atoms with Gasteiger partial charge in [0.1, 0.15) is 0 Å². The van der Waals surface area contributed by atoms with E-state index in [1.54, 1.807) is 6.33 Å². The van der Waals surface area contributed by atoms with Gasteiger partial charge in [0.15, 0.2) is 0 Å². The summed E-state index contributed by atoms with van der Waals surface area (Å²) in [5.74, 6) is 0. The van der Waals surface area contributed by atoms with Crippen molar-refractivity contribution in [3.8, 4) is 0 Å². The predicted octanol–water partition coefficient (Wildman–Crippen LogP) is 1.73. The van der Waals surface area contributed by atoms with Crippen LogP contribution < -0.4 is 5.73 Å². The van der Waals surface area contributed by atoms with Gasteiger partial charge in [-0.2, -0.15) is 0 Å². The fraction of sp³-hybridized carbons (Fsp3) is 0.462. The number of imidazole rings is 1. The molecule has 1 aromatic heterocycles. The number of aromatic amines is 1. The molecule has 1 saturated carbocycles. The number of nitrogens with one attached hydrogen (secondary N) is 1. The topological polar surface area (TPSA) is 74.9 Å². The summed E-state index contributed by atoms with van der Waals surface area (Å²) < 4.78 is 0. The van der Waals surface area contributed by atoms with E-state index in [0.29, 0.717) is 0 Å². The highest BCUT2D eigenvalue weighted by Crippen LogP contribution is 2.48. The van der Waals surface area contributed by atoms with Crippen LogP contribution in [-0.4, -0.2) is 21.7 Å². The first kappa shape index (κ1) is 10.7. The molecule has 1 aliphatic rings. The van der Waals surface area contributed by atoms with E-state index in [0.717, 1.165) is 29.4 Å². The number of nitrogens with zero attached hydrogens (tertiary/aromatic N) is 1. The van der Waals surface area contributed by atoms with Gasteiger partial charge in [-0.05, 0) is 30.5 Å². The smallest absolute Gasteiger partial charge is 0.0931 e. The van der Waals surface area contributed by atoms with E-state index in [-0.39, 0.29) is 18.1 Å². The Balaban J connectivity index is 1.97. The fourth-order valence-corrected chi connectivity index (χ4v) is 2.70. The molecule has 4 nitrogen and oxygen atoms in total. The molecule has 90 valence electrons. The molecule has 2 aromatic rings. The normalized spacial score (nSPS) is 20.1. The van der Waals surface area contributed by atoms with Gasteiger partial charge in [-0.3, -0.25) is 0 Å². The molecule has 1 heterocycles. The Morgan fingerprint density at radius 2 is 2.29 bits per heavy atom. The molecule has 1 aromatic carbocycles. The van der Waals surface area contributed by atoms with Crippen LogP contribution in [0.1, 0.15) is 30.9 Å². The second-order valence-corrected chi connectivity index (χ2v) is 5.03. The predicted molar refractivity (Wildman–Crippen MR) is 66.4 cm³/mol. The average molecular weight is 231 g/mol. The second-order valence-electron chi connectivity index (χ2n) is 5.03. The van der Waals surface area contributed by atoms with Crippen molar-refractivity contribution in [2.45, 2.75) is 25.3 Å². The minimum absolute atomic E-state index is 0.0889. The number of hydrogen-bond acceptors (Lipinski definition) is 3. The van der Waals surface area contributed by atoms with Crippen molar-refractivity contribution in [2.24, 2.45) is 11.1 Å². The molecule has 0 saturated heterocycles. The van der Waals surface area contributed by atoms with E-state index in [4.69, 9.17) is 5.73 Å². The van der Waals surface area contributed by atoms with Crippen molar-refractivity contribution in [2.75, 3.05) is 6.61 Å². The zero-order valence-electron chi connectivity index (χ0n) is 9.69. The lowest BCUT2D eigenvalue weighted by molar-refractivity contribution is 0.0184. The van der Waals surface area contributed by atoms with Gasteiger partial charge < -0.3 is 15.8 Å². The maximum Gasteiger partial charge on any atom is 0.0931 e. The third kappa shape index (κ3) is 1.56. The summed E-state index contributed by atoms with van der Waals surface area (Å²) in [6, 6.07) is 5.95. The van der Waals surface area contributed by atoms with E-state index in [9.17, 15) is 5.11 Å². The zero-order valence-corrected chi connectivity index (χ0v) is 9.69. The number of H-pyrrole nitrogens is 1. The molecule has 1 unspecified atom stereocenters. The molecule has 0 bridgehead atoms. The first-order valence-electron chi connectivity index (χ1n) is 6.05. The van der Waals surface area contributed by atoms with Crippen LogP contribution in [0.25, 0.3) is 11.0 Å². The molecule has 0 radical (unpaired) electrons. The number of benzene rings is 1. The van der Waals surface area contributed by atoms with Crippen molar-refractivity contribution in [3.05, 3.63) is 30.1 Å². The number of aliphatic hydroxyl groups excluding tert-OH is 1. The molecule has 4 N–H and O–H groups in total. The number of fused-ring (bicyclic) bond motifs is 1. The maximum absolute atomic E-state index is 9.54. The van der Waals surface area contributed by atoms with Gasteiger partial charge in [-0.1, -0.05) is 12.5 Å². The molecular formula is C13H17N3O. The minimum atomic E-state index is -0.103. The summed E-state index contributed by atoms with van der Waals surface area (Å²) >= 11 is 0. The van der Waals surface area contributed by atoms with Crippen molar-refractivity contribution < 1.29 is 5.11 Å². The number of rotatable bonds is 3. The SMILES string of the molecule is NC(c1ccc2nc[nH]c2c1)C1(CO)CCC1. The summed E-state index contributed by atoms with van der Waals surface area (Å²) in [5, 5.41) is 9.54. The van der Waals surface area contributed by atoms with Crippen LogP contribution in [0.2, 0.25) is 0 Å². The number of aromatic nitrogens is 2. The number of hydrogen-bond donors (Lipinski definition) is 3. The summed E-state index contributed by atoms with van der Waals surface area (Å²) in [4.78, 5) is 7.28. The average Bonchev–Trinajstić information content (AvgIpc) is 2.74. The maximum atomic E-state index is 9.54.